The molecule has 5 heteroatoms. The summed E-state index contributed by atoms with van der Waals surface area (Å²) in [5.41, 5.74) is 2.85. The molecule has 0 bridgehead atoms. The van der Waals surface area contributed by atoms with Crippen LogP contribution in [0.1, 0.15) is 16.7 Å². The van der Waals surface area contributed by atoms with Crippen LogP contribution in [0.3, 0.4) is 0 Å². The number of carbonyl (C=O) groups excluding carboxylic acids is 1. The Kier molecular flexibility index (Phi) is 2.99. The fraction of sp³-hybridized carbons (Fsp3) is 0.267. The number of hydrogen-bond donors (Lipinski definition) is 1. The van der Waals surface area contributed by atoms with Gasteiger partial charge in [0.2, 0.25) is 5.91 Å². The van der Waals surface area contributed by atoms with Crippen molar-refractivity contribution in [2.24, 2.45) is 13.0 Å². The van der Waals surface area contributed by atoms with Crippen LogP contribution in [0.2, 0.25) is 0 Å². The number of amides is 1. The van der Waals surface area contributed by atoms with Crippen molar-refractivity contribution in [3.8, 4) is 6.07 Å². The number of benzene rings is 1. The molecule has 3 rings (SSSR count). The number of aryl methyl sites for hydroxylation is 1. The summed E-state index contributed by atoms with van der Waals surface area (Å²) in [6, 6.07) is 10.1. The van der Waals surface area contributed by atoms with Crippen molar-refractivity contribution >= 4 is 11.7 Å². The Hall–Kier alpha value is -2.61. The minimum absolute atomic E-state index is 0.0728. The molecular formula is C15H14N4O. The van der Waals surface area contributed by atoms with Crippen LogP contribution in [0.15, 0.2) is 30.5 Å². The monoisotopic (exact) mass is 266 g/mol. The molecule has 0 aliphatic heterocycles. The number of carbonyl (C=O) groups is 1. The van der Waals surface area contributed by atoms with E-state index in [4.69, 9.17) is 5.26 Å². The Morgan fingerprint density at radius 2 is 2.05 bits per heavy atom. The molecule has 20 heavy (non-hydrogen) atoms. The second-order valence-corrected chi connectivity index (χ2v) is 5.04. The van der Waals surface area contributed by atoms with Gasteiger partial charge in [0.1, 0.15) is 11.6 Å². The van der Waals surface area contributed by atoms with E-state index in [0.29, 0.717) is 11.4 Å². The molecule has 1 aromatic carbocycles. The molecule has 1 heterocycles. The van der Waals surface area contributed by atoms with E-state index in [2.05, 4.69) is 22.5 Å². The lowest BCUT2D eigenvalue weighted by Gasteiger charge is -2.08. The maximum atomic E-state index is 12.3. The third-order valence-electron chi connectivity index (χ3n) is 3.61. The standard InChI is InChI=1S/C15H14N4O/c1-19-9-13(8-16)14(18-19)17-15(20)12-6-10-4-2-3-5-11(10)7-12/h2-5,9,12H,6-7H2,1H3,(H,17,18,20). The Morgan fingerprint density at radius 3 is 2.65 bits per heavy atom. The smallest absolute Gasteiger partial charge is 0.229 e. The maximum Gasteiger partial charge on any atom is 0.229 e. The molecule has 0 radical (unpaired) electrons. The molecule has 0 saturated carbocycles. The van der Waals surface area contributed by atoms with E-state index in [1.807, 2.05) is 18.2 Å². The van der Waals surface area contributed by atoms with Crippen molar-refractivity contribution in [2.45, 2.75) is 12.8 Å². The molecule has 1 aliphatic carbocycles. The van der Waals surface area contributed by atoms with Gasteiger partial charge in [0.05, 0.1) is 0 Å². The normalized spacial score (nSPS) is 13.8. The highest BCUT2D eigenvalue weighted by Gasteiger charge is 2.27. The van der Waals surface area contributed by atoms with Crippen LogP contribution in [-0.2, 0) is 24.7 Å². The van der Waals surface area contributed by atoms with E-state index < -0.39 is 0 Å². The van der Waals surface area contributed by atoms with Crippen LogP contribution in [0.4, 0.5) is 5.82 Å². The Labute approximate surface area is 116 Å². The summed E-state index contributed by atoms with van der Waals surface area (Å²) in [5, 5.41) is 15.9. The molecule has 1 N–H and O–H groups in total. The summed E-state index contributed by atoms with van der Waals surface area (Å²) in [5.74, 6) is 0.188. The highest BCUT2D eigenvalue weighted by molar-refractivity contribution is 5.93. The van der Waals surface area contributed by atoms with E-state index in [1.165, 1.54) is 15.8 Å². The predicted molar refractivity (Wildman–Crippen MR) is 73.9 cm³/mol. The van der Waals surface area contributed by atoms with Crippen LogP contribution in [0.5, 0.6) is 0 Å². The first-order valence-electron chi connectivity index (χ1n) is 6.49. The van der Waals surface area contributed by atoms with Gasteiger partial charge in [-0.05, 0) is 24.0 Å². The number of anilines is 1. The van der Waals surface area contributed by atoms with Gasteiger partial charge in [-0.3, -0.25) is 9.48 Å². The van der Waals surface area contributed by atoms with Crippen molar-refractivity contribution in [3.05, 3.63) is 47.2 Å². The lowest BCUT2D eigenvalue weighted by molar-refractivity contribution is -0.119. The summed E-state index contributed by atoms with van der Waals surface area (Å²) in [4.78, 5) is 12.3. The number of nitrogens with zero attached hydrogens (tertiary/aromatic N) is 3. The van der Waals surface area contributed by atoms with Crippen LogP contribution in [0.25, 0.3) is 0 Å². The summed E-state index contributed by atoms with van der Waals surface area (Å²) in [7, 11) is 1.72. The molecule has 100 valence electrons. The summed E-state index contributed by atoms with van der Waals surface area (Å²) in [6.07, 6.45) is 3.09. The number of hydrogen-bond acceptors (Lipinski definition) is 3. The quantitative estimate of drug-likeness (QED) is 0.898. The van der Waals surface area contributed by atoms with Gasteiger partial charge in [-0.2, -0.15) is 10.4 Å². The highest BCUT2D eigenvalue weighted by Crippen LogP contribution is 2.27. The van der Waals surface area contributed by atoms with E-state index >= 15 is 0 Å². The fourth-order valence-electron chi connectivity index (χ4n) is 2.63. The number of nitrogens with one attached hydrogen (secondary N) is 1. The fourth-order valence-corrected chi connectivity index (χ4v) is 2.63. The van der Waals surface area contributed by atoms with Crippen LogP contribution >= 0.6 is 0 Å². The SMILES string of the molecule is Cn1cc(C#N)c(NC(=O)C2Cc3ccccc3C2)n1. The number of rotatable bonds is 2. The second-order valence-electron chi connectivity index (χ2n) is 5.04. The van der Waals surface area contributed by atoms with E-state index in [1.54, 1.807) is 13.2 Å². The molecule has 2 aromatic rings. The van der Waals surface area contributed by atoms with Gasteiger partial charge in [0, 0.05) is 19.2 Å². The lowest BCUT2D eigenvalue weighted by Crippen LogP contribution is -2.23. The molecule has 0 unspecified atom stereocenters. The first-order chi connectivity index (χ1) is 9.67. The largest absolute Gasteiger partial charge is 0.308 e. The molecule has 5 nitrogen and oxygen atoms in total. The van der Waals surface area contributed by atoms with Gasteiger partial charge in [0.15, 0.2) is 5.82 Å². The molecule has 1 amide bonds. The molecule has 0 atom stereocenters. The number of aromatic nitrogens is 2. The van der Waals surface area contributed by atoms with E-state index in [-0.39, 0.29) is 11.8 Å². The van der Waals surface area contributed by atoms with Gasteiger partial charge in [0.25, 0.3) is 0 Å². The second kappa shape index (κ2) is 4.82. The Bertz CT molecular complexity index is 686. The van der Waals surface area contributed by atoms with Crippen LogP contribution < -0.4 is 5.32 Å². The average Bonchev–Trinajstić information content (AvgIpc) is 3.01. The zero-order valence-electron chi connectivity index (χ0n) is 11.1. The van der Waals surface area contributed by atoms with Crippen molar-refractivity contribution < 1.29 is 4.79 Å². The van der Waals surface area contributed by atoms with Gasteiger partial charge < -0.3 is 5.32 Å². The molecular weight excluding hydrogens is 252 g/mol. The zero-order valence-corrected chi connectivity index (χ0v) is 11.1. The average molecular weight is 266 g/mol. The predicted octanol–water partition coefficient (Wildman–Crippen LogP) is 1.65. The number of fused-ring (bicyclic) bond motifs is 1. The summed E-state index contributed by atoms with van der Waals surface area (Å²) in [6.45, 7) is 0. The van der Waals surface area contributed by atoms with E-state index in [0.717, 1.165) is 12.8 Å². The summed E-state index contributed by atoms with van der Waals surface area (Å²) >= 11 is 0. The van der Waals surface area contributed by atoms with E-state index in [9.17, 15) is 4.79 Å². The third-order valence-corrected chi connectivity index (χ3v) is 3.61. The van der Waals surface area contributed by atoms with Gasteiger partial charge in [-0.25, -0.2) is 0 Å². The van der Waals surface area contributed by atoms with Crippen molar-refractivity contribution in [1.82, 2.24) is 9.78 Å². The van der Waals surface area contributed by atoms with Gasteiger partial charge >= 0.3 is 0 Å². The number of nitriles is 1. The molecule has 0 saturated heterocycles. The molecule has 1 aromatic heterocycles. The molecule has 1 aliphatic rings. The molecule has 0 spiro atoms. The maximum absolute atomic E-state index is 12.3. The van der Waals surface area contributed by atoms with Crippen molar-refractivity contribution in [3.63, 3.8) is 0 Å². The van der Waals surface area contributed by atoms with Crippen LogP contribution in [0, 0.1) is 17.2 Å². The highest BCUT2D eigenvalue weighted by atomic mass is 16.2. The Morgan fingerprint density at radius 1 is 1.40 bits per heavy atom. The first kappa shape index (κ1) is 12.4. The van der Waals surface area contributed by atoms with Gasteiger partial charge in [-0.1, -0.05) is 24.3 Å². The minimum Gasteiger partial charge on any atom is -0.308 e. The van der Waals surface area contributed by atoms with Gasteiger partial charge in [-0.15, -0.1) is 0 Å². The topological polar surface area (TPSA) is 70.7 Å². The zero-order chi connectivity index (χ0) is 14.1. The minimum atomic E-state index is -0.0825. The Balaban J connectivity index is 1.74. The lowest BCUT2D eigenvalue weighted by atomic mass is 10.1. The van der Waals surface area contributed by atoms with Crippen LogP contribution in [-0.4, -0.2) is 15.7 Å². The van der Waals surface area contributed by atoms with Crippen molar-refractivity contribution in [2.75, 3.05) is 5.32 Å². The van der Waals surface area contributed by atoms with Crippen molar-refractivity contribution in [1.29, 1.82) is 5.26 Å². The third kappa shape index (κ3) is 2.16. The summed E-state index contributed by atoms with van der Waals surface area (Å²) < 4.78 is 1.53. The first-order valence-corrected chi connectivity index (χ1v) is 6.49. The molecule has 0 fully saturated rings.